The molecule has 1 aliphatic heterocycles. The van der Waals surface area contributed by atoms with Crippen LogP contribution in [-0.2, 0) is 0 Å². The zero-order chi connectivity index (χ0) is 17.7. The number of ether oxygens (including phenoxy) is 2. The third kappa shape index (κ3) is 2.21. The Hall–Kier alpha value is -3.74. The maximum atomic E-state index is 11.6. The number of hydrogen-bond donors (Lipinski definition) is 1. The first kappa shape index (κ1) is 14.6. The number of rotatable bonds is 2. The van der Waals surface area contributed by atoms with Crippen molar-refractivity contribution in [3.63, 3.8) is 0 Å². The molecule has 128 valence electrons. The summed E-state index contributed by atoms with van der Waals surface area (Å²) in [6.07, 6.45) is 0. The highest BCUT2D eigenvalue weighted by Crippen LogP contribution is 2.39. The molecule has 3 heterocycles. The van der Waals surface area contributed by atoms with Crippen molar-refractivity contribution in [2.75, 3.05) is 6.79 Å². The molecule has 0 amide bonds. The molecule has 7 heteroatoms. The van der Waals surface area contributed by atoms with E-state index in [2.05, 4.69) is 5.16 Å². The fraction of sp³-hybridized carbons (Fsp3) is 0.0526. The average molecular weight is 349 g/mol. The van der Waals surface area contributed by atoms with Crippen LogP contribution in [0.5, 0.6) is 17.2 Å². The summed E-state index contributed by atoms with van der Waals surface area (Å²) in [6, 6.07) is 13.2. The molecule has 0 aliphatic carbocycles. The number of aromatic hydroxyl groups is 1. The molecule has 0 radical (unpaired) electrons. The van der Waals surface area contributed by atoms with E-state index in [4.69, 9.17) is 18.4 Å². The maximum absolute atomic E-state index is 11.6. The van der Waals surface area contributed by atoms with Gasteiger partial charge in [-0.25, -0.2) is 4.79 Å². The van der Waals surface area contributed by atoms with Crippen molar-refractivity contribution in [1.29, 1.82) is 0 Å². The molecule has 2 aromatic heterocycles. The Morgan fingerprint density at radius 1 is 0.962 bits per heavy atom. The molecule has 1 aliphatic rings. The van der Waals surface area contributed by atoms with Gasteiger partial charge in [0.1, 0.15) is 11.4 Å². The Bertz CT molecular complexity index is 1210. The summed E-state index contributed by atoms with van der Waals surface area (Å²) in [5.74, 6) is 1.71. The van der Waals surface area contributed by atoms with E-state index in [1.165, 1.54) is 12.1 Å². The van der Waals surface area contributed by atoms with Crippen molar-refractivity contribution < 1.29 is 23.5 Å². The lowest BCUT2D eigenvalue weighted by Gasteiger charge is -2.04. The lowest BCUT2D eigenvalue weighted by Crippen LogP contribution is -1.95. The summed E-state index contributed by atoms with van der Waals surface area (Å²) in [6.45, 7) is 0.184. The van der Waals surface area contributed by atoms with Crippen molar-refractivity contribution in [2.24, 2.45) is 0 Å². The van der Waals surface area contributed by atoms with Crippen LogP contribution in [0.1, 0.15) is 0 Å². The van der Waals surface area contributed by atoms with Gasteiger partial charge >= 0.3 is 5.63 Å². The molecule has 0 saturated heterocycles. The van der Waals surface area contributed by atoms with Gasteiger partial charge in [0.25, 0.3) is 0 Å². The summed E-state index contributed by atoms with van der Waals surface area (Å²) in [4.78, 5) is 11.6. The Labute approximate surface area is 146 Å². The molecule has 1 N–H and O–H groups in total. The van der Waals surface area contributed by atoms with Gasteiger partial charge in [-0.2, -0.15) is 0 Å². The zero-order valence-corrected chi connectivity index (χ0v) is 13.3. The van der Waals surface area contributed by atoms with E-state index in [-0.39, 0.29) is 18.1 Å². The van der Waals surface area contributed by atoms with Crippen molar-refractivity contribution in [3.8, 4) is 39.8 Å². The highest BCUT2D eigenvalue weighted by molar-refractivity contribution is 5.94. The molecule has 0 saturated carbocycles. The van der Waals surface area contributed by atoms with E-state index in [1.807, 2.05) is 6.07 Å². The number of fused-ring (bicyclic) bond motifs is 2. The summed E-state index contributed by atoms with van der Waals surface area (Å²) >= 11 is 0. The van der Waals surface area contributed by atoms with E-state index in [9.17, 15) is 9.90 Å². The number of phenolic OH excluding ortho intramolecular Hbond substituents is 1. The molecule has 5 rings (SSSR count). The maximum Gasteiger partial charge on any atom is 0.336 e. The smallest absolute Gasteiger partial charge is 0.336 e. The minimum Gasteiger partial charge on any atom is -0.507 e. The van der Waals surface area contributed by atoms with Gasteiger partial charge in [-0.05, 0) is 36.4 Å². The van der Waals surface area contributed by atoms with Crippen LogP contribution in [0.3, 0.4) is 0 Å². The standard InChI is InChI=1S/C19H11NO6/c21-13-4-1-10-3-6-17(22)25-19(10)18(13)12-8-15(26-20-12)11-2-5-14-16(7-11)24-9-23-14/h1-8,21H,9H2. The van der Waals surface area contributed by atoms with Gasteiger partial charge in [-0.1, -0.05) is 5.16 Å². The topological polar surface area (TPSA) is 94.9 Å². The van der Waals surface area contributed by atoms with Gasteiger partial charge in [0.15, 0.2) is 22.8 Å². The van der Waals surface area contributed by atoms with Crippen LogP contribution in [0.15, 0.2) is 62.3 Å². The van der Waals surface area contributed by atoms with Crippen molar-refractivity contribution in [1.82, 2.24) is 5.16 Å². The third-order valence-electron chi connectivity index (χ3n) is 4.19. The SMILES string of the molecule is O=c1ccc2ccc(O)c(-c3cc(-c4ccc5c(c4)OCO5)on3)c2o1. The predicted molar refractivity (Wildman–Crippen MR) is 91.2 cm³/mol. The molecule has 26 heavy (non-hydrogen) atoms. The summed E-state index contributed by atoms with van der Waals surface area (Å²) in [5.41, 5.74) is 1.15. The van der Waals surface area contributed by atoms with Gasteiger partial charge in [-0.15, -0.1) is 0 Å². The average Bonchev–Trinajstić information content (AvgIpc) is 3.30. The van der Waals surface area contributed by atoms with Gasteiger partial charge in [-0.3, -0.25) is 0 Å². The molecule has 0 fully saturated rings. The third-order valence-corrected chi connectivity index (χ3v) is 4.19. The monoisotopic (exact) mass is 349 g/mol. The summed E-state index contributed by atoms with van der Waals surface area (Å²) in [7, 11) is 0. The van der Waals surface area contributed by atoms with E-state index in [0.29, 0.717) is 33.9 Å². The molecule has 4 aromatic rings. The first-order valence-electron chi connectivity index (χ1n) is 7.82. The van der Waals surface area contributed by atoms with Crippen molar-refractivity contribution in [2.45, 2.75) is 0 Å². The van der Waals surface area contributed by atoms with E-state index < -0.39 is 5.63 Å². The van der Waals surface area contributed by atoms with Crippen LogP contribution in [0.4, 0.5) is 0 Å². The molecule has 0 spiro atoms. The minimum absolute atomic E-state index is 0.0580. The fourth-order valence-electron chi connectivity index (χ4n) is 2.95. The predicted octanol–water partition coefficient (Wildman–Crippen LogP) is 3.55. The first-order valence-corrected chi connectivity index (χ1v) is 7.82. The second-order valence-electron chi connectivity index (χ2n) is 5.78. The largest absolute Gasteiger partial charge is 0.507 e. The molecule has 2 aromatic carbocycles. The Balaban J connectivity index is 1.65. The highest BCUT2D eigenvalue weighted by Gasteiger charge is 2.19. The van der Waals surface area contributed by atoms with Gasteiger partial charge in [0.2, 0.25) is 6.79 Å². The van der Waals surface area contributed by atoms with E-state index in [0.717, 1.165) is 5.56 Å². The van der Waals surface area contributed by atoms with Crippen molar-refractivity contribution >= 4 is 11.0 Å². The van der Waals surface area contributed by atoms with Crippen LogP contribution >= 0.6 is 0 Å². The lowest BCUT2D eigenvalue weighted by atomic mass is 10.1. The molecular weight excluding hydrogens is 338 g/mol. The number of hydrogen-bond acceptors (Lipinski definition) is 7. The van der Waals surface area contributed by atoms with E-state index in [1.54, 1.807) is 30.3 Å². The van der Waals surface area contributed by atoms with Gasteiger partial charge in [0, 0.05) is 23.1 Å². The number of benzene rings is 2. The summed E-state index contributed by atoms with van der Waals surface area (Å²) in [5, 5.41) is 15.0. The second kappa shape index (κ2) is 5.38. The van der Waals surface area contributed by atoms with Crippen LogP contribution in [0, 0.1) is 0 Å². The molecule has 0 bridgehead atoms. The number of nitrogens with zero attached hydrogens (tertiary/aromatic N) is 1. The second-order valence-corrected chi connectivity index (χ2v) is 5.78. The minimum atomic E-state index is -0.510. The zero-order valence-electron chi connectivity index (χ0n) is 13.3. The molecule has 7 nitrogen and oxygen atoms in total. The summed E-state index contributed by atoms with van der Waals surface area (Å²) < 4.78 is 21.4. The van der Waals surface area contributed by atoms with Gasteiger partial charge < -0.3 is 23.5 Å². The van der Waals surface area contributed by atoms with Crippen molar-refractivity contribution in [3.05, 3.63) is 59.0 Å². The first-order chi connectivity index (χ1) is 12.7. The normalized spacial score (nSPS) is 12.6. The number of aromatic nitrogens is 1. The lowest BCUT2D eigenvalue weighted by molar-refractivity contribution is 0.174. The highest BCUT2D eigenvalue weighted by atomic mass is 16.7. The molecular formula is C19H11NO6. The number of phenols is 1. The Morgan fingerprint density at radius 2 is 1.81 bits per heavy atom. The van der Waals surface area contributed by atoms with E-state index >= 15 is 0 Å². The molecule has 0 unspecified atom stereocenters. The van der Waals surface area contributed by atoms with Gasteiger partial charge in [0.05, 0.1) is 5.56 Å². The fourth-order valence-corrected chi connectivity index (χ4v) is 2.95. The Kier molecular flexibility index (Phi) is 3.02. The van der Waals surface area contributed by atoms with Crippen LogP contribution in [0.25, 0.3) is 33.6 Å². The van der Waals surface area contributed by atoms with Crippen LogP contribution < -0.4 is 15.1 Å². The Morgan fingerprint density at radius 3 is 2.73 bits per heavy atom. The quantitative estimate of drug-likeness (QED) is 0.553. The van der Waals surface area contributed by atoms with Crippen LogP contribution in [-0.4, -0.2) is 17.1 Å². The van der Waals surface area contributed by atoms with Crippen LogP contribution in [0.2, 0.25) is 0 Å². The molecule has 0 atom stereocenters.